The lowest BCUT2D eigenvalue weighted by Gasteiger charge is -2.13. The summed E-state index contributed by atoms with van der Waals surface area (Å²) >= 11 is 3.11. The van der Waals surface area contributed by atoms with Crippen molar-refractivity contribution in [2.75, 3.05) is 6.54 Å². The molecule has 0 spiro atoms. The first-order chi connectivity index (χ1) is 7.50. The highest BCUT2D eigenvalue weighted by Crippen LogP contribution is 2.21. The summed E-state index contributed by atoms with van der Waals surface area (Å²) in [5.41, 5.74) is 0.915. The van der Waals surface area contributed by atoms with E-state index in [0.717, 1.165) is 5.56 Å². The largest absolute Gasteiger partial charge is 0.481 e. The van der Waals surface area contributed by atoms with Crippen LogP contribution >= 0.6 is 15.9 Å². The van der Waals surface area contributed by atoms with E-state index in [0.29, 0.717) is 11.0 Å². The highest BCUT2D eigenvalue weighted by molar-refractivity contribution is 9.10. The Bertz CT molecular complexity index is 384. The van der Waals surface area contributed by atoms with E-state index in [1.165, 1.54) is 6.07 Å². The first-order valence-electron chi connectivity index (χ1n) is 4.91. The molecule has 0 fully saturated rings. The number of halogens is 2. The maximum atomic E-state index is 13.0. The topological polar surface area (TPSA) is 49.3 Å². The molecule has 0 bridgehead atoms. The molecule has 5 heteroatoms. The Hall–Kier alpha value is -0.940. The highest BCUT2D eigenvalue weighted by Gasteiger charge is 2.08. The fourth-order valence-electron chi connectivity index (χ4n) is 1.30. The molecule has 0 amide bonds. The van der Waals surface area contributed by atoms with Crippen molar-refractivity contribution in [1.82, 2.24) is 5.32 Å². The summed E-state index contributed by atoms with van der Waals surface area (Å²) in [5, 5.41) is 11.5. The van der Waals surface area contributed by atoms with Crippen LogP contribution in [0.25, 0.3) is 0 Å². The van der Waals surface area contributed by atoms with E-state index in [4.69, 9.17) is 5.11 Å². The summed E-state index contributed by atoms with van der Waals surface area (Å²) in [6, 6.07) is 4.75. The molecule has 3 nitrogen and oxygen atoms in total. The first kappa shape index (κ1) is 13.1. The maximum absolute atomic E-state index is 13.0. The van der Waals surface area contributed by atoms with Crippen LogP contribution in [-0.2, 0) is 4.79 Å². The smallest absolute Gasteiger partial charge is 0.304 e. The average Bonchev–Trinajstić information content (AvgIpc) is 2.21. The summed E-state index contributed by atoms with van der Waals surface area (Å²) < 4.78 is 13.4. The van der Waals surface area contributed by atoms with Crippen LogP contribution in [0.2, 0.25) is 0 Å². The highest BCUT2D eigenvalue weighted by atomic mass is 79.9. The molecule has 0 radical (unpaired) electrons. The first-order valence-corrected chi connectivity index (χ1v) is 5.70. The average molecular weight is 290 g/mol. The number of carboxylic acids is 1. The SMILES string of the molecule is CC(NCCC(=O)O)c1ccc(F)c(Br)c1. The summed E-state index contributed by atoms with van der Waals surface area (Å²) in [6.45, 7) is 2.30. The van der Waals surface area contributed by atoms with Crippen LogP contribution in [0.15, 0.2) is 22.7 Å². The third-order valence-electron chi connectivity index (χ3n) is 2.23. The Kier molecular flexibility index (Phi) is 4.89. The molecule has 0 aromatic heterocycles. The summed E-state index contributed by atoms with van der Waals surface area (Å²) in [4.78, 5) is 10.3. The van der Waals surface area contributed by atoms with Gasteiger partial charge in [0.05, 0.1) is 10.9 Å². The Morgan fingerprint density at radius 2 is 2.31 bits per heavy atom. The monoisotopic (exact) mass is 289 g/mol. The molecule has 0 heterocycles. The number of aliphatic carboxylic acids is 1. The van der Waals surface area contributed by atoms with Gasteiger partial charge >= 0.3 is 5.97 Å². The van der Waals surface area contributed by atoms with E-state index in [1.54, 1.807) is 12.1 Å². The zero-order valence-electron chi connectivity index (χ0n) is 8.84. The Morgan fingerprint density at radius 3 is 2.88 bits per heavy atom. The minimum atomic E-state index is -0.833. The third-order valence-corrected chi connectivity index (χ3v) is 2.84. The molecular formula is C11H13BrFNO2. The van der Waals surface area contributed by atoms with Crippen molar-refractivity contribution in [3.05, 3.63) is 34.1 Å². The third kappa shape index (κ3) is 3.90. The van der Waals surface area contributed by atoms with Crippen molar-refractivity contribution in [3.8, 4) is 0 Å². The molecule has 0 aliphatic heterocycles. The van der Waals surface area contributed by atoms with E-state index in [-0.39, 0.29) is 18.3 Å². The van der Waals surface area contributed by atoms with Crippen LogP contribution in [0.4, 0.5) is 4.39 Å². The molecule has 1 aromatic rings. The molecule has 0 saturated carbocycles. The predicted octanol–water partition coefficient (Wildman–Crippen LogP) is 2.71. The fourth-order valence-corrected chi connectivity index (χ4v) is 1.69. The van der Waals surface area contributed by atoms with Crippen LogP contribution < -0.4 is 5.32 Å². The molecule has 1 rings (SSSR count). The lowest BCUT2D eigenvalue weighted by Crippen LogP contribution is -2.21. The zero-order valence-corrected chi connectivity index (χ0v) is 10.4. The van der Waals surface area contributed by atoms with Crippen LogP contribution in [-0.4, -0.2) is 17.6 Å². The van der Waals surface area contributed by atoms with Crippen LogP contribution in [0.3, 0.4) is 0 Å². The van der Waals surface area contributed by atoms with E-state index < -0.39 is 5.97 Å². The Balaban J connectivity index is 2.55. The lowest BCUT2D eigenvalue weighted by molar-refractivity contribution is -0.136. The van der Waals surface area contributed by atoms with Gasteiger partial charge in [-0.3, -0.25) is 4.79 Å². The normalized spacial score (nSPS) is 12.4. The fraction of sp³-hybridized carbons (Fsp3) is 0.364. The molecule has 0 aliphatic rings. The van der Waals surface area contributed by atoms with Crippen molar-refractivity contribution < 1.29 is 14.3 Å². The van der Waals surface area contributed by atoms with Gasteiger partial charge in [-0.15, -0.1) is 0 Å². The van der Waals surface area contributed by atoms with Crippen LogP contribution in [0.1, 0.15) is 24.9 Å². The summed E-state index contributed by atoms with van der Waals surface area (Å²) in [7, 11) is 0. The molecule has 0 saturated heterocycles. The lowest BCUT2D eigenvalue weighted by atomic mass is 10.1. The predicted molar refractivity (Wildman–Crippen MR) is 62.8 cm³/mol. The summed E-state index contributed by atoms with van der Waals surface area (Å²) in [6.07, 6.45) is 0.0761. The second-order valence-electron chi connectivity index (χ2n) is 3.49. The standard InChI is InChI=1S/C11H13BrFNO2/c1-7(14-5-4-11(15)16)8-2-3-10(13)9(12)6-8/h2-3,6-7,14H,4-5H2,1H3,(H,15,16). The van der Waals surface area contributed by atoms with Gasteiger partial charge in [-0.1, -0.05) is 6.07 Å². The van der Waals surface area contributed by atoms with E-state index in [9.17, 15) is 9.18 Å². The molecule has 1 aromatic carbocycles. The van der Waals surface area contributed by atoms with Crippen LogP contribution in [0, 0.1) is 5.82 Å². The van der Waals surface area contributed by atoms with Gasteiger partial charge in [0.1, 0.15) is 5.82 Å². The molecule has 1 atom stereocenters. The Labute approximate surface area is 102 Å². The molecule has 88 valence electrons. The number of nitrogens with one attached hydrogen (secondary N) is 1. The second-order valence-corrected chi connectivity index (χ2v) is 4.35. The van der Waals surface area contributed by atoms with Crippen molar-refractivity contribution in [3.63, 3.8) is 0 Å². The van der Waals surface area contributed by atoms with E-state index in [1.807, 2.05) is 6.92 Å². The van der Waals surface area contributed by atoms with Gasteiger partial charge < -0.3 is 10.4 Å². The van der Waals surface area contributed by atoms with Gasteiger partial charge in [-0.2, -0.15) is 0 Å². The number of hydrogen-bond acceptors (Lipinski definition) is 2. The number of carboxylic acid groups (broad SMARTS) is 1. The quantitative estimate of drug-likeness (QED) is 0.876. The molecular weight excluding hydrogens is 277 g/mol. The van der Waals surface area contributed by atoms with Crippen molar-refractivity contribution in [1.29, 1.82) is 0 Å². The number of benzene rings is 1. The van der Waals surface area contributed by atoms with Crippen molar-refractivity contribution >= 4 is 21.9 Å². The van der Waals surface area contributed by atoms with Gasteiger partial charge in [0.25, 0.3) is 0 Å². The number of rotatable bonds is 5. The number of hydrogen-bond donors (Lipinski definition) is 2. The molecule has 1 unspecified atom stereocenters. The minimum Gasteiger partial charge on any atom is -0.481 e. The van der Waals surface area contributed by atoms with Gasteiger partial charge in [0.15, 0.2) is 0 Å². The minimum absolute atomic E-state index is 0.00347. The second kappa shape index (κ2) is 5.96. The van der Waals surface area contributed by atoms with E-state index in [2.05, 4.69) is 21.2 Å². The molecule has 16 heavy (non-hydrogen) atoms. The van der Waals surface area contributed by atoms with Crippen molar-refractivity contribution in [2.45, 2.75) is 19.4 Å². The van der Waals surface area contributed by atoms with Gasteiger partial charge in [0, 0.05) is 12.6 Å². The molecule has 2 N–H and O–H groups in total. The van der Waals surface area contributed by atoms with Gasteiger partial charge in [-0.05, 0) is 40.5 Å². The maximum Gasteiger partial charge on any atom is 0.304 e. The van der Waals surface area contributed by atoms with Gasteiger partial charge in [-0.25, -0.2) is 4.39 Å². The van der Waals surface area contributed by atoms with Gasteiger partial charge in [0.2, 0.25) is 0 Å². The van der Waals surface area contributed by atoms with Crippen molar-refractivity contribution in [2.24, 2.45) is 0 Å². The zero-order chi connectivity index (χ0) is 12.1. The van der Waals surface area contributed by atoms with E-state index >= 15 is 0 Å². The summed E-state index contributed by atoms with van der Waals surface area (Å²) in [5.74, 6) is -1.14. The Morgan fingerprint density at radius 1 is 1.62 bits per heavy atom. The van der Waals surface area contributed by atoms with Crippen LogP contribution in [0.5, 0.6) is 0 Å². The molecule has 0 aliphatic carbocycles. The number of carbonyl (C=O) groups is 1.